The molecular formula is C21H24ClN3O. The molecule has 2 atom stereocenters. The van der Waals surface area contributed by atoms with Crippen LogP contribution in [0.2, 0.25) is 5.02 Å². The number of rotatable bonds is 3. The van der Waals surface area contributed by atoms with Gasteiger partial charge in [0.1, 0.15) is 0 Å². The third kappa shape index (κ3) is 3.02. The average molecular weight is 370 g/mol. The van der Waals surface area contributed by atoms with Crippen molar-refractivity contribution in [2.75, 3.05) is 6.54 Å². The van der Waals surface area contributed by atoms with E-state index < -0.39 is 5.60 Å². The smallest absolute Gasteiger partial charge is 0.0876 e. The highest BCUT2D eigenvalue weighted by Gasteiger charge is 2.32. The molecule has 0 bridgehead atoms. The van der Waals surface area contributed by atoms with Crippen LogP contribution in [0.15, 0.2) is 42.7 Å². The maximum absolute atomic E-state index is 11.2. The second-order valence-electron chi connectivity index (χ2n) is 7.46. The van der Waals surface area contributed by atoms with Crippen LogP contribution >= 0.6 is 11.6 Å². The molecule has 0 radical (unpaired) electrons. The number of benzene rings is 1. The summed E-state index contributed by atoms with van der Waals surface area (Å²) in [7, 11) is 2.12. The van der Waals surface area contributed by atoms with Crippen molar-refractivity contribution in [1.82, 2.24) is 14.9 Å². The molecule has 4 rings (SSSR count). The Bertz CT molecular complexity index is 933. The lowest BCUT2D eigenvalue weighted by atomic mass is 9.83. The molecule has 0 amide bonds. The minimum Gasteiger partial charge on any atom is -0.385 e. The van der Waals surface area contributed by atoms with Crippen molar-refractivity contribution < 1.29 is 5.11 Å². The second kappa shape index (κ2) is 6.69. The number of hydrogen-bond acceptors (Lipinski definition) is 3. The Hall–Kier alpha value is -1.88. The molecule has 4 nitrogen and oxygen atoms in total. The Morgan fingerprint density at radius 1 is 1.31 bits per heavy atom. The summed E-state index contributed by atoms with van der Waals surface area (Å²) in [4.78, 5) is 4.07. The van der Waals surface area contributed by atoms with E-state index >= 15 is 0 Å². The molecule has 3 aromatic rings. The minimum absolute atomic E-state index is 0.263. The highest BCUT2D eigenvalue weighted by Crippen LogP contribution is 2.40. The average Bonchev–Trinajstić information content (AvgIpc) is 2.77. The minimum atomic E-state index is -0.899. The zero-order valence-electron chi connectivity index (χ0n) is 15.2. The van der Waals surface area contributed by atoms with Crippen LogP contribution in [-0.2, 0) is 19.2 Å². The molecule has 136 valence electrons. The molecule has 3 heterocycles. The van der Waals surface area contributed by atoms with E-state index in [1.807, 2.05) is 25.1 Å². The van der Waals surface area contributed by atoms with Crippen molar-refractivity contribution in [1.29, 1.82) is 0 Å². The molecule has 0 saturated carbocycles. The van der Waals surface area contributed by atoms with Crippen LogP contribution in [0.5, 0.6) is 0 Å². The quantitative estimate of drug-likeness (QED) is 0.730. The lowest BCUT2D eigenvalue weighted by Crippen LogP contribution is -2.26. The molecule has 0 aliphatic carbocycles. The van der Waals surface area contributed by atoms with Gasteiger partial charge in [-0.25, -0.2) is 0 Å². The fourth-order valence-corrected chi connectivity index (χ4v) is 4.52. The molecule has 2 unspecified atom stereocenters. The molecular weight excluding hydrogens is 346 g/mol. The van der Waals surface area contributed by atoms with Gasteiger partial charge in [0.25, 0.3) is 0 Å². The van der Waals surface area contributed by atoms with Gasteiger partial charge in [-0.2, -0.15) is 0 Å². The molecule has 1 aliphatic heterocycles. The first-order valence-corrected chi connectivity index (χ1v) is 9.45. The number of aromatic nitrogens is 2. The van der Waals surface area contributed by atoms with Crippen LogP contribution in [0.25, 0.3) is 10.9 Å². The summed E-state index contributed by atoms with van der Waals surface area (Å²) in [5, 5.41) is 16.7. The van der Waals surface area contributed by atoms with Gasteiger partial charge in [0.2, 0.25) is 0 Å². The third-order valence-electron chi connectivity index (χ3n) is 5.62. The largest absolute Gasteiger partial charge is 0.385 e. The monoisotopic (exact) mass is 369 g/mol. The second-order valence-corrected chi connectivity index (χ2v) is 7.90. The standard InChI is InChI=1S/C21H24ClN3O/c1-21(26,15-6-9-23-10-7-15)12-14-5-8-24-13-18-17-11-16(22)3-4-19(17)25(2)20(14)18/h3-4,6-7,9-11,14,24,26H,5,8,12-13H2,1-2H3. The Kier molecular flexibility index (Phi) is 4.51. The van der Waals surface area contributed by atoms with E-state index in [0.29, 0.717) is 6.42 Å². The van der Waals surface area contributed by atoms with E-state index in [1.165, 1.54) is 22.2 Å². The first-order valence-electron chi connectivity index (χ1n) is 9.07. The predicted octanol–water partition coefficient (Wildman–Crippen LogP) is 4.10. The van der Waals surface area contributed by atoms with Crippen LogP contribution in [0.1, 0.15) is 42.5 Å². The summed E-state index contributed by atoms with van der Waals surface area (Å²) in [5.74, 6) is 0.263. The van der Waals surface area contributed by atoms with Gasteiger partial charge in [-0.1, -0.05) is 11.6 Å². The van der Waals surface area contributed by atoms with Crippen molar-refractivity contribution >= 4 is 22.5 Å². The molecule has 0 saturated heterocycles. The van der Waals surface area contributed by atoms with E-state index in [-0.39, 0.29) is 5.92 Å². The van der Waals surface area contributed by atoms with Gasteiger partial charge in [-0.05, 0) is 67.8 Å². The van der Waals surface area contributed by atoms with Crippen molar-refractivity contribution in [2.24, 2.45) is 7.05 Å². The number of nitrogens with zero attached hydrogens (tertiary/aromatic N) is 2. The number of halogens is 1. The lowest BCUT2D eigenvalue weighted by molar-refractivity contribution is 0.0384. The summed E-state index contributed by atoms with van der Waals surface area (Å²) in [6, 6.07) is 9.89. The molecule has 0 spiro atoms. The van der Waals surface area contributed by atoms with E-state index in [9.17, 15) is 5.11 Å². The molecule has 5 heteroatoms. The topological polar surface area (TPSA) is 50.1 Å². The summed E-state index contributed by atoms with van der Waals surface area (Å²) in [6.45, 7) is 3.68. The summed E-state index contributed by atoms with van der Waals surface area (Å²) >= 11 is 6.26. The van der Waals surface area contributed by atoms with Gasteiger partial charge >= 0.3 is 0 Å². The fourth-order valence-electron chi connectivity index (χ4n) is 4.35. The molecule has 1 aromatic carbocycles. The van der Waals surface area contributed by atoms with E-state index in [0.717, 1.165) is 30.1 Å². The number of nitrogens with one attached hydrogen (secondary N) is 1. The van der Waals surface area contributed by atoms with Gasteiger partial charge in [0.05, 0.1) is 5.60 Å². The number of pyridine rings is 1. The van der Waals surface area contributed by atoms with E-state index in [4.69, 9.17) is 11.6 Å². The van der Waals surface area contributed by atoms with Crippen LogP contribution in [0.3, 0.4) is 0 Å². The van der Waals surface area contributed by atoms with Crippen LogP contribution in [0.4, 0.5) is 0 Å². The predicted molar refractivity (Wildman–Crippen MR) is 105 cm³/mol. The molecule has 26 heavy (non-hydrogen) atoms. The number of aliphatic hydroxyl groups is 1. The van der Waals surface area contributed by atoms with Crippen LogP contribution < -0.4 is 5.32 Å². The normalized spacial score (nSPS) is 19.8. The van der Waals surface area contributed by atoms with E-state index in [1.54, 1.807) is 12.4 Å². The van der Waals surface area contributed by atoms with Crippen molar-refractivity contribution in [3.05, 3.63) is 64.6 Å². The number of hydrogen-bond donors (Lipinski definition) is 2. The van der Waals surface area contributed by atoms with Crippen molar-refractivity contribution in [3.63, 3.8) is 0 Å². The number of aryl methyl sites for hydroxylation is 1. The Morgan fingerprint density at radius 3 is 2.85 bits per heavy atom. The zero-order chi connectivity index (χ0) is 18.3. The first kappa shape index (κ1) is 17.5. The Balaban J connectivity index is 1.79. The van der Waals surface area contributed by atoms with Gasteiger partial charge in [-0.3, -0.25) is 4.98 Å². The zero-order valence-corrected chi connectivity index (χ0v) is 15.9. The third-order valence-corrected chi connectivity index (χ3v) is 5.85. The van der Waals surface area contributed by atoms with Crippen molar-refractivity contribution in [3.8, 4) is 0 Å². The van der Waals surface area contributed by atoms with Crippen molar-refractivity contribution in [2.45, 2.75) is 37.8 Å². The maximum Gasteiger partial charge on any atom is 0.0876 e. The van der Waals surface area contributed by atoms with Crippen LogP contribution in [0, 0.1) is 0 Å². The molecule has 0 fully saturated rings. The Labute approximate surface area is 158 Å². The van der Waals surface area contributed by atoms with Gasteiger partial charge in [-0.15, -0.1) is 0 Å². The van der Waals surface area contributed by atoms with Gasteiger partial charge in [0, 0.05) is 53.5 Å². The molecule has 2 aromatic heterocycles. The summed E-state index contributed by atoms with van der Waals surface area (Å²) in [5.41, 5.74) is 3.81. The number of fused-ring (bicyclic) bond motifs is 3. The van der Waals surface area contributed by atoms with E-state index in [2.05, 4.69) is 34.0 Å². The fraction of sp³-hybridized carbons (Fsp3) is 0.381. The highest BCUT2D eigenvalue weighted by molar-refractivity contribution is 6.31. The first-order chi connectivity index (χ1) is 12.5. The SMILES string of the molecule is Cn1c2c(c3cc(Cl)ccc31)CNCCC2CC(C)(O)c1ccncc1. The highest BCUT2D eigenvalue weighted by atomic mass is 35.5. The maximum atomic E-state index is 11.2. The summed E-state index contributed by atoms with van der Waals surface area (Å²) < 4.78 is 2.28. The van der Waals surface area contributed by atoms with Gasteiger partial charge < -0.3 is 15.0 Å². The Morgan fingerprint density at radius 2 is 2.08 bits per heavy atom. The van der Waals surface area contributed by atoms with Gasteiger partial charge in [0.15, 0.2) is 0 Å². The molecule has 2 N–H and O–H groups in total. The summed E-state index contributed by atoms with van der Waals surface area (Å²) in [6.07, 6.45) is 5.14. The lowest BCUT2D eigenvalue weighted by Gasteiger charge is -2.29. The molecule has 1 aliphatic rings. The van der Waals surface area contributed by atoms with Crippen LogP contribution in [-0.4, -0.2) is 21.2 Å².